The molecule has 4 aromatic rings. The number of alkyl halides is 1. The van der Waals surface area contributed by atoms with E-state index in [-0.39, 0.29) is 49.0 Å². The van der Waals surface area contributed by atoms with Gasteiger partial charge >= 0.3 is 6.09 Å². The average molecular weight is 728 g/mol. The van der Waals surface area contributed by atoms with Crippen molar-refractivity contribution in [3.05, 3.63) is 59.6 Å². The van der Waals surface area contributed by atoms with Crippen LogP contribution in [0, 0.1) is 23.6 Å². The molecule has 7 atom stereocenters. The summed E-state index contributed by atoms with van der Waals surface area (Å²) in [6, 6.07) is 7.62. The van der Waals surface area contributed by atoms with Crippen LogP contribution in [0.25, 0.3) is 33.6 Å². The number of rotatable bonds is 4. The Kier molecular flexibility index (Phi) is 8.80. The average Bonchev–Trinajstić information content (AvgIpc) is 3.97. The van der Waals surface area contributed by atoms with Crippen LogP contribution >= 0.6 is 0 Å². The van der Waals surface area contributed by atoms with E-state index in [1.54, 1.807) is 20.8 Å². The number of piperidine rings is 1. The van der Waals surface area contributed by atoms with E-state index in [2.05, 4.69) is 44.9 Å². The van der Waals surface area contributed by atoms with E-state index in [1.807, 2.05) is 19.1 Å². The number of pyridine rings is 1. The topological polar surface area (TPSA) is 123 Å². The first kappa shape index (κ1) is 35.2. The molecule has 13 heteroatoms. The SMILES string of the molecule is C[C@H]1NC(=O)[C@@H]2C[C@H]2C/C=C\CCn2c(-c3nc4cc(C(=O)N[C@H]5CN(C(=O)OC(C)(C)C)CC[C@@H]5F)c(F)cc4n3[C@H]3C[C@@H]3C)cc3ccc1nc32. The summed E-state index contributed by atoms with van der Waals surface area (Å²) in [4.78, 5) is 50.7. The number of aromatic nitrogens is 4. The minimum Gasteiger partial charge on any atom is -0.444 e. The molecule has 8 rings (SSSR count). The Morgan fingerprint density at radius 2 is 1.85 bits per heavy atom. The van der Waals surface area contributed by atoms with E-state index in [1.165, 1.54) is 17.0 Å². The lowest BCUT2D eigenvalue weighted by atomic mass is 10.0. The second-order valence-electron chi connectivity index (χ2n) is 16.4. The van der Waals surface area contributed by atoms with Crippen LogP contribution in [0.1, 0.15) is 94.9 Å². The number of aryl methyl sites for hydroxylation is 1. The first-order valence-electron chi connectivity index (χ1n) is 18.9. The first-order valence-corrected chi connectivity index (χ1v) is 18.9. The number of likely N-dealkylation sites (tertiary alicyclic amines) is 1. The third-order valence-corrected chi connectivity index (χ3v) is 11.1. The molecule has 2 saturated carbocycles. The molecule has 11 nitrogen and oxygen atoms in total. The van der Waals surface area contributed by atoms with Gasteiger partial charge in [-0.05, 0) is 95.9 Å². The number of ether oxygens (including phenoxy) is 1. The summed E-state index contributed by atoms with van der Waals surface area (Å²) in [5, 5.41) is 6.73. The number of hydrogen-bond acceptors (Lipinski definition) is 6. The van der Waals surface area contributed by atoms with Gasteiger partial charge in [-0.1, -0.05) is 19.1 Å². The van der Waals surface area contributed by atoms with Gasteiger partial charge in [0.1, 0.15) is 23.2 Å². The fourth-order valence-corrected chi connectivity index (χ4v) is 7.88. The van der Waals surface area contributed by atoms with E-state index in [0.29, 0.717) is 35.2 Å². The molecule has 280 valence electrons. The molecule has 1 aromatic carbocycles. The number of allylic oxidation sites excluding steroid dienone is 2. The van der Waals surface area contributed by atoms with Crippen LogP contribution in [0.4, 0.5) is 13.6 Å². The molecule has 3 aromatic heterocycles. The largest absolute Gasteiger partial charge is 0.444 e. The molecule has 4 aliphatic rings. The van der Waals surface area contributed by atoms with Crippen molar-refractivity contribution in [2.75, 3.05) is 13.1 Å². The quantitative estimate of drug-likeness (QED) is 0.218. The van der Waals surface area contributed by atoms with Crippen LogP contribution in [0.2, 0.25) is 0 Å². The summed E-state index contributed by atoms with van der Waals surface area (Å²) in [5.41, 5.74) is 2.42. The highest BCUT2D eigenvalue weighted by Crippen LogP contribution is 2.48. The van der Waals surface area contributed by atoms with Gasteiger partial charge in [-0.25, -0.2) is 23.5 Å². The predicted molar refractivity (Wildman–Crippen MR) is 196 cm³/mol. The standard InChI is InChI=1S/C40H47F2N7O4/c1-21-15-32(21)49-33-19-28(42)26(38(51)46-31-20-47(14-12-27(31)41)39(52)53-40(3,4)5)18-30(33)45-36(49)34-17-24-10-11-29-22(2)43-37(50)25-16-23(25)9-7-6-8-13-48(34)35(24)44-29/h6-7,10-11,17-19,21-23,25,27,31-32H,8-9,12-16,20H2,1-5H3,(H,43,50)(H,46,51)/b7-6-/t21-,22+,23+,25+,27-,31-,32-/m0/s1. The zero-order valence-electron chi connectivity index (χ0n) is 30.9. The molecule has 2 aliphatic heterocycles. The van der Waals surface area contributed by atoms with Gasteiger partial charge in [-0.3, -0.25) is 9.59 Å². The van der Waals surface area contributed by atoms with Crippen molar-refractivity contribution in [2.24, 2.45) is 17.8 Å². The number of halogens is 2. The molecular weight excluding hydrogens is 680 g/mol. The number of nitrogens with one attached hydrogen (secondary N) is 2. The number of imidazole rings is 1. The van der Waals surface area contributed by atoms with Crippen LogP contribution in [-0.4, -0.2) is 72.8 Å². The lowest BCUT2D eigenvalue weighted by Gasteiger charge is -2.36. The zero-order valence-corrected chi connectivity index (χ0v) is 30.9. The molecule has 2 aliphatic carbocycles. The van der Waals surface area contributed by atoms with Crippen molar-refractivity contribution in [1.82, 2.24) is 34.6 Å². The van der Waals surface area contributed by atoms with Gasteiger partial charge in [0.05, 0.1) is 40.1 Å². The Bertz CT molecular complexity index is 2150. The number of carbonyl (C=O) groups is 3. The van der Waals surface area contributed by atoms with E-state index < -0.39 is 35.6 Å². The number of fused-ring (bicyclic) bond motifs is 3. The maximum Gasteiger partial charge on any atom is 0.410 e. The molecule has 3 fully saturated rings. The Morgan fingerprint density at radius 1 is 1.06 bits per heavy atom. The van der Waals surface area contributed by atoms with Crippen molar-refractivity contribution < 1.29 is 27.9 Å². The van der Waals surface area contributed by atoms with Crippen LogP contribution in [0.3, 0.4) is 0 Å². The summed E-state index contributed by atoms with van der Waals surface area (Å²) < 4.78 is 40.8. The zero-order chi connectivity index (χ0) is 37.3. The van der Waals surface area contributed by atoms with E-state index >= 15 is 8.78 Å². The maximum atomic E-state index is 16.0. The molecule has 0 unspecified atom stereocenters. The van der Waals surface area contributed by atoms with E-state index in [4.69, 9.17) is 14.7 Å². The minimum absolute atomic E-state index is 0.0215. The Balaban J connectivity index is 1.14. The second-order valence-corrected chi connectivity index (χ2v) is 16.4. The van der Waals surface area contributed by atoms with Gasteiger partial charge in [-0.2, -0.15) is 0 Å². The van der Waals surface area contributed by atoms with E-state index in [9.17, 15) is 14.4 Å². The van der Waals surface area contributed by atoms with Crippen LogP contribution in [-0.2, 0) is 16.1 Å². The first-order chi connectivity index (χ1) is 25.3. The lowest BCUT2D eigenvalue weighted by molar-refractivity contribution is -0.123. The third kappa shape index (κ3) is 6.90. The van der Waals surface area contributed by atoms with Gasteiger partial charge in [0, 0.05) is 43.0 Å². The maximum absolute atomic E-state index is 16.0. The smallest absolute Gasteiger partial charge is 0.410 e. The molecule has 0 radical (unpaired) electrons. The highest BCUT2D eigenvalue weighted by Gasteiger charge is 2.43. The molecule has 2 N–H and O–H groups in total. The molecule has 1 saturated heterocycles. The molecule has 53 heavy (non-hydrogen) atoms. The number of hydrogen-bond donors (Lipinski definition) is 2. The fraction of sp³-hybridized carbons (Fsp3) is 0.525. The molecule has 0 spiro atoms. The molecule has 3 amide bonds. The highest BCUT2D eigenvalue weighted by molar-refractivity contribution is 5.98. The number of amides is 3. The Hall–Kier alpha value is -4.81. The van der Waals surface area contributed by atoms with Gasteiger partial charge in [0.25, 0.3) is 5.91 Å². The summed E-state index contributed by atoms with van der Waals surface area (Å²) >= 11 is 0. The summed E-state index contributed by atoms with van der Waals surface area (Å²) in [5.74, 6) is -0.00495. The van der Waals surface area contributed by atoms with Gasteiger partial charge in [-0.15, -0.1) is 0 Å². The molecule has 2 bridgehead atoms. The van der Waals surface area contributed by atoms with E-state index in [0.717, 1.165) is 48.1 Å². The van der Waals surface area contributed by atoms with Crippen molar-refractivity contribution >= 4 is 40.0 Å². The van der Waals surface area contributed by atoms with Crippen LogP contribution in [0.15, 0.2) is 42.5 Å². The summed E-state index contributed by atoms with van der Waals surface area (Å²) in [7, 11) is 0. The number of carbonyl (C=O) groups excluding carboxylic acids is 3. The lowest BCUT2D eigenvalue weighted by Crippen LogP contribution is -2.55. The van der Waals surface area contributed by atoms with Crippen molar-refractivity contribution in [2.45, 2.75) is 103 Å². The Morgan fingerprint density at radius 3 is 2.60 bits per heavy atom. The predicted octanol–water partition coefficient (Wildman–Crippen LogP) is 7.01. The molecular formula is C40H47F2N7O4. The minimum atomic E-state index is -1.41. The van der Waals surface area contributed by atoms with Crippen molar-refractivity contribution in [3.8, 4) is 11.5 Å². The fourth-order valence-electron chi connectivity index (χ4n) is 7.88. The summed E-state index contributed by atoms with van der Waals surface area (Å²) in [6.45, 7) is 10.1. The monoisotopic (exact) mass is 727 g/mol. The third-order valence-electron chi connectivity index (χ3n) is 11.1. The number of benzene rings is 1. The second kappa shape index (κ2) is 13.2. The normalized spacial score (nSPS) is 27.9. The summed E-state index contributed by atoms with van der Waals surface area (Å²) in [6.07, 6.45) is 5.78. The Labute approximate surface area is 307 Å². The van der Waals surface area contributed by atoms with Gasteiger partial charge in [0.15, 0.2) is 5.82 Å². The van der Waals surface area contributed by atoms with Crippen molar-refractivity contribution in [1.29, 1.82) is 0 Å². The van der Waals surface area contributed by atoms with Gasteiger partial charge in [0.2, 0.25) is 5.91 Å². The van der Waals surface area contributed by atoms with Gasteiger partial charge < -0.3 is 29.4 Å². The number of nitrogens with zero attached hydrogens (tertiary/aromatic N) is 5. The van der Waals surface area contributed by atoms with Crippen LogP contribution < -0.4 is 10.6 Å². The molecule has 5 heterocycles. The highest BCUT2D eigenvalue weighted by atomic mass is 19.1. The van der Waals surface area contributed by atoms with Crippen molar-refractivity contribution in [3.63, 3.8) is 0 Å². The van der Waals surface area contributed by atoms with Crippen LogP contribution in [0.5, 0.6) is 0 Å².